The summed E-state index contributed by atoms with van der Waals surface area (Å²) >= 11 is 0. The van der Waals surface area contributed by atoms with Crippen LogP contribution in [-0.2, 0) is 0 Å². The van der Waals surface area contributed by atoms with Crippen LogP contribution in [0.1, 0.15) is 29.6 Å². The second-order valence-electron chi connectivity index (χ2n) is 4.18. The first-order valence-corrected chi connectivity index (χ1v) is 5.61. The van der Waals surface area contributed by atoms with Crippen molar-refractivity contribution in [3.8, 4) is 0 Å². The number of hydrogen-bond acceptors (Lipinski definition) is 3. The van der Waals surface area contributed by atoms with E-state index in [1.807, 2.05) is 0 Å². The van der Waals surface area contributed by atoms with Gasteiger partial charge in [0.2, 0.25) is 0 Å². The maximum Gasteiger partial charge on any atom is 0.165 e. The molecule has 1 saturated heterocycles. The van der Waals surface area contributed by atoms with Gasteiger partial charge in [-0.3, -0.25) is 9.78 Å². The second-order valence-corrected chi connectivity index (χ2v) is 4.18. The number of carbonyl (C=O) groups is 1. The van der Waals surface area contributed by atoms with E-state index in [0.29, 0.717) is 12.3 Å². The number of hydrogen-bond donors (Lipinski definition) is 1. The Hall–Kier alpha value is -1.29. The first-order valence-electron chi connectivity index (χ1n) is 5.61. The highest BCUT2D eigenvalue weighted by Gasteiger charge is 2.17. The molecule has 1 aromatic heterocycles. The molecule has 0 saturated carbocycles. The highest BCUT2D eigenvalue weighted by atomic mass is 19.1. The molecule has 1 unspecified atom stereocenters. The van der Waals surface area contributed by atoms with E-state index >= 15 is 0 Å². The van der Waals surface area contributed by atoms with Crippen LogP contribution < -0.4 is 5.32 Å². The van der Waals surface area contributed by atoms with E-state index < -0.39 is 5.82 Å². The van der Waals surface area contributed by atoms with E-state index in [9.17, 15) is 9.18 Å². The van der Waals surface area contributed by atoms with Crippen molar-refractivity contribution < 1.29 is 9.18 Å². The average Bonchev–Trinajstić information content (AvgIpc) is 2.79. The fourth-order valence-corrected chi connectivity index (χ4v) is 2.03. The normalized spacial score (nSPS) is 19.9. The monoisotopic (exact) mass is 222 g/mol. The third kappa shape index (κ3) is 2.64. The summed E-state index contributed by atoms with van der Waals surface area (Å²) in [6, 6.07) is 1.45. The third-order valence-electron chi connectivity index (χ3n) is 3.01. The Morgan fingerprint density at radius 3 is 3.19 bits per heavy atom. The molecule has 0 radical (unpaired) electrons. The molecule has 1 atom stereocenters. The van der Waals surface area contributed by atoms with Gasteiger partial charge in [0, 0.05) is 12.6 Å². The van der Waals surface area contributed by atoms with Gasteiger partial charge in [-0.1, -0.05) is 0 Å². The quantitative estimate of drug-likeness (QED) is 0.790. The Bertz CT molecular complexity index is 375. The van der Waals surface area contributed by atoms with E-state index in [1.165, 1.54) is 12.3 Å². The van der Waals surface area contributed by atoms with Gasteiger partial charge in [0.25, 0.3) is 0 Å². The van der Waals surface area contributed by atoms with Crippen molar-refractivity contribution in [1.29, 1.82) is 0 Å². The molecule has 0 bridgehead atoms. The first kappa shape index (κ1) is 11.2. The smallest absolute Gasteiger partial charge is 0.165 e. The molecule has 1 aliphatic rings. The third-order valence-corrected chi connectivity index (χ3v) is 3.01. The summed E-state index contributed by atoms with van der Waals surface area (Å²) in [6.45, 7) is 2.01. The molecular weight excluding hydrogens is 207 g/mol. The summed E-state index contributed by atoms with van der Waals surface area (Å²) in [4.78, 5) is 15.4. The average molecular weight is 222 g/mol. The van der Waals surface area contributed by atoms with Gasteiger partial charge in [-0.15, -0.1) is 0 Å². The van der Waals surface area contributed by atoms with Crippen molar-refractivity contribution in [2.45, 2.75) is 19.3 Å². The molecule has 1 fully saturated rings. The van der Waals surface area contributed by atoms with Crippen molar-refractivity contribution in [3.63, 3.8) is 0 Å². The fourth-order valence-electron chi connectivity index (χ4n) is 2.03. The van der Waals surface area contributed by atoms with Gasteiger partial charge in [0.05, 0.1) is 11.8 Å². The van der Waals surface area contributed by atoms with Gasteiger partial charge in [-0.2, -0.15) is 0 Å². The van der Waals surface area contributed by atoms with Gasteiger partial charge in [0.1, 0.15) is 0 Å². The maximum absolute atomic E-state index is 13.2. The lowest BCUT2D eigenvalue weighted by molar-refractivity contribution is 0.0970. The summed E-state index contributed by atoms with van der Waals surface area (Å²) in [6.07, 6.45) is 4.92. The van der Waals surface area contributed by atoms with Crippen molar-refractivity contribution in [2.75, 3.05) is 13.1 Å². The van der Waals surface area contributed by atoms with Crippen LogP contribution in [-0.4, -0.2) is 23.9 Å². The Balaban J connectivity index is 1.90. The zero-order valence-corrected chi connectivity index (χ0v) is 9.08. The molecule has 1 aliphatic heterocycles. The highest BCUT2D eigenvalue weighted by molar-refractivity contribution is 5.96. The first-order chi connectivity index (χ1) is 7.77. The van der Waals surface area contributed by atoms with Gasteiger partial charge in [-0.25, -0.2) is 4.39 Å². The van der Waals surface area contributed by atoms with Crippen LogP contribution in [0.3, 0.4) is 0 Å². The van der Waals surface area contributed by atoms with E-state index in [0.717, 1.165) is 32.1 Å². The van der Waals surface area contributed by atoms with Crippen molar-refractivity contribution in [3.05, 3.63) is 29.8 Å². The second kappa shape index (κ2) is 5.16. The molecular formula is C12H15FN2O. The van der Waals surface area contributed by atoms with Crippen molar-refractivity contribution >= 4 is 5.78 Å². The van der Waals surface area contributed by atoms with Gasteiger partial charge in [-0.05, 0) is 37.9 Å². The molecule has 16 heavy (non-hydrogen) atoms. The van der Waals surface area contributed by atoms with E-state index in [4.69, 9.17) is 0 Å². The van der Waals surface area contributed by atoms with Gasteiger partial charge < -0.3 is 5.32 Å². The lowest BCUT2D eigenvalue weighted by atomic mass is 9.98. The molecule has 3 nitrogen and oxygen atoms in total. The van der Waals surface area contributed by atoms with Crippen LogP contribution in [0.4, 0.5) is 4.39 Å². The number of aromatic nitrogens is 1. The van der Waals surface area contributed by atoms with Crippen LogP contribution in [0.25, 0.3) is 0 Å². The van der Waals surface area contributed by atoms with E-state index in [-0.39, 0.29) is 11.3 Å². The SMILES string of the molecule is O=C(CCC1CCNC1)c1ccncc1F. The molecule has 4 heteroatoms. The molecule has 0 amide bonds. The summed E-state index contributed by atoms with van der Waals surface area (Å²) in [5.41, 5.74) is 0.168. The van der Waals surface area contributed by atoms with E-state index in [2.05, 4.69) is 10.3 Å². The topological polar surface area (TPSA) is 42.0 Å². The number of carbonyl (C=O) groups excluding carboxylic acids is 1. The Morgan fingerprint density at radius 2 is 2.50 bits per heavy atom. The molecule has 86 valence electrons. The number of nitrogens with zero attached hydrogens (tertiary/aromatic N) is 1. The van der Waals surface area contributed by atoms with Crippen LogP contribution in [0.5, 0.6) is 0 Å². The van der Waals surface area contributed by atoms with Crippen molar-refractivity contribution in [1.82, 2.24) is 10.3 Å². The number of Topliss-reactive ketones (excluding diaryl/α,β-unsaturated/α-hetero) is 1. The summed E-state index contributed by atoms with van der Waals surface area (Å²) in [5.74, 6) is -0.0716. The number of rotatable bonds is 4. The Morgan fingerprint density at radius 1 is 1.62 bits per heavy atom. The van der Waals surface area contributed by atoms with E-state index in [1.54, 1.807) is 0 Å². The zero-order valence-electron chi connectivity index (χ0n) is 9.08. The minimum Gasteiger partial charge on any atom is -0.316 e. The predicted molar refractivity (Wildman–Crippen MR) is 58.7 cm³/mol. The van der Waals surface area contributed by atoms with Crippen LogP contribution >= 0.6 is 0 Å². The molecule has 2 rings (SSSR count). The number of halogens is 1. The van der Waals surface area contributed by atoms with Crippen molar-refractivity contribution in [2.24, 2.45) is 5.92 Å². The van der Waals surface area contributed by atoms with Crippen LogP contribution in [0.15, 0.2) is 18.5 Å². The van der Waals surface area contributed by atoms with Gasteiger partial charge >= 0.3 is 0 Å². The van der Waals surface area contributed by atoms with Crippen LogP contribution in [0.2, 0.25) is 0 Å². The highest BCUT2D eigenvalue weighted by Crippen LogP contribution is 2.17. The predicted octanol–water partition coefficient (Wildman–Crippen LogP) is 1.79. The molecule has 0 spiro atoms. The number of ketones is 1. The Labute approximate surface area is 94.1 Å². The van der Waals surface area contributed by atoms with Gasteiger partial charge in [0.15, 0.2) is 11.6 Å². The molecule has 1 aromatic rings. The molecule has 1 N–H and O–H groups in total. The Kier molecular flexibility index (Phi) is 3.62. The minimum atomic E-state index is -0.517. The standard InChI is InChI=1S/C12H15FN2O/c13-11-8-15-6-4-10(11)12(16)2-1-9-3-5-14-7-9/h4,6,8-9,14H,1-3,5,7H2. The molecule has 0 aromatic carbocycles. The summed E-state index contributed by atoms with van der Waals surface area (Å²) < 4.78 is 13.2. The fraction of sp³-hybridized carbons (Fsp3) is 0.500. The van der Waals surface area contributed by atoms with Crippen LogP contribution in [0, 0.1) is 11.7 Å². The molecule has 2 heterocycles. The lowest BCUT2D eigenvalue weighted by Crippen LogP contribution is -2.11. The number of nitrogens with one attached hydrogen (secondary N) is 1. The minimum absolute atomic E-state index is 0.119. The largest absolute Gasteiger partial charge is 0.316 e. The number of pyridine rings is 1. The zero-order chi connectivity index (χ0) is 11.4. The lowest BCUT2D eigenvalue weighted by Gasteiger charge is -2.07. The summed E-state index contributed by atoms with van der Waals surface area (Å²) in [7, 11) is 0. The summed E-state index contributed by atoms with van der Waals surface area (Å²) in [5, 5.41) is 3.25. The maximum atomic E-state index is 13.2. The molecule has 0 aliphatic carbocycles.